The minimum absolute atomic E-state index is 0.214. The Balaban J connectivity index is 2.42. The van der Waals surface area contributed by atoms with E-state index >= 15 is 0 Å². The highest BCUT2D eigenvalue weighted by molar-refractivity contribution is 9.10. The summed E-state index contributed by atoms with van der Waals surface area (Å²) in [6, 6.07) is 7.00. The van der Waals surface area contributed by atoms with E-state index in [1.807, 2.05) is 26.8 Å². The molecule has 0 atom stereocenters. The van der Waals surface area contributed by atoms with Gasteiger partial charge in [0.2, 0.25) is 0 Å². The van der Waals surface area contributed by atoms with Crippen LogP contribution in [0.2, 0.25) is 0 Å². The number of ketones is 1. The number of allylic oxidation sites excluding steroid dienone is 1. The van der Waals surface area contributed by atoms with E-state index in [-0.39, 0.29) is 5.78 Å². The van der Waals surface area contributed by atoms with E-state index < -0.39 is 0 Å². The molecular weight excluding hydrogens is 452 g/mol. The van der Waals surface area contributed by atoms with Crippen LogP contribution in [0.15, 0.2) is 34.8 Å². The number of halogens is 1. The Morgan fingerprint density at radius 3 is 2.00 bits per heavy atom. The van der Waals surface area contributed by atoms with Crippen LogP contribution in [-0.4, -0.2) is 39.8 Å². The summed E-state index contributed by atoms with van der Waals surface area (Å²) < 4.78 is 28.4. The van der Waals surface area contributed by atoms with Crippen molar-refractivity contribution in [3.05, 3.63) is 45.9 Å². The molecule has 2 rings (SSSR count). The Bertz CT molecular complexity index is 907. The number of carbonyl (C=O) groups is 1. The molecular formula is C23H27BrO6. The molecule has 2 aromatic rings. The largest absolute Gasteiger partial charge is 0.493 e. The molecule has 0 aliphatic carbocycles. The van der Waals surface area contributed by atoms with Gasteiger partial charge in [-0.2, -0.15) is 0 Å². The van der Waals surface area contributed by atoms with Crippen LogP contribution in [0.5, 0.6) is 28.7 Å². The predicted octanol–water partition coefficient (Wildman–Crippen LogP) is 5.56. The molecule has 0 fully saturated rings. The molecule has 162 valence electrons. The first-order valence-electron chi connectivity index (χ1n) is 9.69. The SMILES string of the molecule is CCOc1cc(OCC)c(C(=O)C=Cc2cc(Br)c(OC)c(OC)c2)cc1OCC. The van der Waals surface area contributed by atoms with E-state index in [0.29, 0.717) is 54.1 Å². The molecule has 2 aromatic carbocycles. The van der Waals surface area contributed by atoms with Gasteiger partial charge in [-0.25, -0.2) is 0 Å². The number of rotatable bonds is 11. The number of hydrogen-bond acceptors (Lipinski definition) is 6. The number of benzene rings is 2. The van der Waals surface area contributed by atoms with Crippen LogP contribution in [0.4, 0.5) is 0 Å². The van der Waals surface area contributed by atoms with Gasteiger partial charge in [-0.05, 0) is 66.5 Å². The molecule has 6 nitrogen and oxygen atoms in total. The molecule has 0 saturated carbocycles. The van der Waals surface area contributed by atoms with Crippen LogP contribution < -0.4 is 23.7 Å². The van der Waals surface area contributed by atoms with Crippen molar-refractivity contribution in [2.45, 2.75) is 20.8 Å². The van der Waals surface area contributed by atoms with Gasteiger partial charge in [0.15, 0.2) is 28.8 Å². The number of methoxy groups -OCH3 is 2. The summed E-state index contributed by atoms with van der Waals surface area (Å²) in [5.74, 6) is 2.45. The van der Waals surface area contributed by atoms with Gasteiger partial charge in [0.1, 0.15) is 5.75 Å². The zero-order valence-corrected chi connectivity index (χ0v) is 19.5. The Kier molecular flexibility index (Phi) is 9.05. The van der Waals surface area contributed by atoms with Gasteiger partial charge >= 0.3 is 0 Å². The van der Waals surface area contributed by atoms with Crippen molar-refractivity contribution in [3.63, 3.8) is 0 Å². The lowest BCUT2D eigenvalue weighted by Crippen LogP contribution is -2.05. The average molecular weight is 479 g/mol. The topological polar surface area (TPSA) is 63.2 Å². The summed E-state index contributed by atoms with van der Waals surface area (Å²) in [5, 5.41) is 0. The fourth-order valence-corrected chi connectivity index (χ4v) is 3.46. The van der Waals surface area contributed by atoms with Crippen molar-refractivity contribution in [2.75, 3.05) is 34.0 Å². The van der Waals surface area contributed by atoms with Crippen molar-refractivity contribution in [2.24, 2.45) is 0 Å². The minimum atomic E-state index is -0.214. The van der Waals surface area contributed by atoms with Crippen molar-refractivity contribution >= 4 is 27.8 Å². The molecule has 0 amide bonds. The standard InChI is InChI=1S/C23H27BrO6/c1-6-28-19-14-21(30-8-3)20(29-7-2)13-16(19)18(25)10-9-15-11-17(24)23(27-5)22(12-15)26-4/h9-14H,6-8H2,1-5H3. The lowest BCUT2D eigenvalue weighted by atomic mass is 10.1. The third-order valence-electron chi connectivity index (χ3n) is 4.09. The normalized spacial score (nSPS) is 10.7. The second-order valence-electron chi connectivity index (χ2n) is 6.03. The van der Waals surface area contributed by atoms with Gasteiger partial charge < -0.3 is 23.7 Å². The second kappa shape index (κ2) is 11.5. The van der Waals surface area contributed by atoms with E-state index in [0.717, 1.165) is 10.0 Å². The Morgan fingerprint density at radius 2 is 1.43 bits per heavy atom. The molecule has 0 N–H and O–H groups in total. The van der Waals surface area contributed by atoms with E-state index in [1.54, 1.807) is 38.5 Å². The highest BCUT2D eigenvalue weighted by atomic mass is 79.9. The highest BCUT2D eigenvalue weighted by Crippen LogP contribution is 2.38. The van der Waals surface area contributed by atoms with Crippen LogP contribution in [0.3, 0.4) is 0 Å². The molecule has 0 aromatic heterocycles. The molecule has 0 saturated heterocycles. The van der Waals surface area contributed by atoms with Crippen LogP contribution in [-0.2, 0) is 0 Å². The number of ether oxygens (including phenoxy) is 5. The van der Waals surface area contributed by atoms with Crippen molar-refractivity contribution in [3.8, 4) is 28.7 Å². The lowest BCUT2D eigenvalue weighted by Gasteiger charge is -2.15. The third kappa shape index (κ3) is 5.69. The van der Waals surface area contributed by atoms with E-state index in [1.165, 1.54) is 6.08 Å². The van der Waals surface area contributed by atoms with Gasteiger partial charge in [0, 0.05) is 6.07 Å². The van der Waals surface area contributed by atoms with Gasteiger partial charge in [0.05, 0.1) is 44.1 Å². The molecule has 0 aliphatic heterocycles. The van der Waals surface area contributed by atoms with E-state index in [2.05, 4.69) is 15.9 Å². The molecule has 0 heterocycles. The van der Waals surface area contributed by atoms with Crippen LogP contribution >= 0.6 is 15.9 Å². The first-order chi connectivity index (χ1) is 14.5. The van der Waals surface area contributed by atoms with Crippen LogP contribution in [0.25, 0.3) is 6.08 Å². The van der Waals surface area contributed by atoms with Crippen molar-refractivity contribution in [1.29, 1.82) is 0 Å². The maximum absolute atomic E-state index is 13.0. The number of hydrogen-bond donors (Lipinski definition) is 0. The monoisotopic (exact) mass is 478 g/mol. The Labute approximate surface area is 185 Å². The van der Waals surface area contributed by atoms with Crippen LogP contribution in [0.1, 0.15) is 36.7 Å². The quantitative estimate of drug-likeness (QED) is 0.311. The molecule has 0 bridgehead atoms. The third-order valence-corrected chi connectivity index (χ3v) is 4.68. The summed E-state index contributed by atoms with van der Waals surface area (Å²) in [5.41, 5.74) is 1.18. The van der Waals surface area contributed by atoms with Crippen molar-refractivity contribution < 1.29 is 28.5 Å². The van der Waals surface area contributed by atoms with E-state index in [9.17, 15) is 4.79 Å². The number of carbonyl (C=O) groups excluding carboxylic acids is 1. The molecule has 0 unspecified atom stereocenters. The first-order valence-corrected chi connectivity index (χ1v) is 10.5. The summed E-state index contributed by atoms with van der Waals surface area (Å²) in [6.45, 7) is 6.99. The summed E-state index contributed by atoms with van der Waals surface area (Å²) in [7, 11) is 3.13. The smallest absolute Gasteiger partial charge is 0.189 e. The first kappa shape index (κ1) is 23.6. The molecule has 30 heavy (non-hydrogen) atoms. The summed E-state index contributed by atoms with van der Waals surface area (Å²) in [6.07, 6.45) is 3.20. The summed E-state index contributed by atoms with van der Waals surface area (Å²) in [4.78, 5) is 13.0. The van der Waals surface area contributed by atoms with Gasteiger partial charge in [-0.15, -0.1) is 0 Å². The Hall–Kier alpha value is -2.67. The predicted molar refractivity (Wildman–Crippen MR) is 121 cm³/mol. The maximum Gasteiger partial charge on any atom is 0.189 e. The minimum Gasteiger partial charge on any atom is -0.493 e. The van der Waals surface area contributed by atoms with Crippen LogP contribution in [0, 0.1) is 0 Å². The molecule has 7 heteroatoms. The average Bonchev–Trinajstić information content (AvgIpc) is 2.73. The van der Waals surface area contributed by atoms with E-state index in [4.69, 9.17) is 23.7 Å². The molecule has 0 aliphatic rings. The van der Waals surface area contributed by atoms with Crippen molar-refractivity contribution in [1.82, 2.24) is 0 Å². The van der Waals surface area contributed by atoms with Gasteiger partial charge in [-0.1, -0.05) is 6.08 Å². The maximum atomic E-state index is 13.0. The fraction of sp³-hybridized carbons (Fsp3) is 0.348. The second-order valence-corrected chi connectivity index (χ2v) is 6.88. The zero-order chi connectivity index (χ0) is 22.1. The molecule has 0 spiro atoms. The fourth-order valence-electron chi connectivity index (χ4n) is 2.84. The zero-order valence-electron chi connectivity index (χ0n) is 17.9. The van der Waals surface area contributed by atoms with Gasteiger partial charge in [0.25, 0.3) is 0 Å². The highest BCUT2D eigenvalue weighted by Gasteiger charge is 2.17. The van der Waals surface area contributed by atoms with Gasteiger partial charge in [-0.3, -0.25) is 4.79 Å². The molecule has 0 radical (unpaired) electrons. The summed E-state index contributed by atoms with van der Waals surface area (Å²) >= 11 is 3.46. The Morgan fingerprint density at radius 1 is 0.833 bits per heavy atom. The lowest BCUT2D eigenvalue weighted by molar-refractivity contribution is 0.104.